The predicted octanol–water partition coefficient (Wildman–Crippen LogP) is 1.58. The summed E-state index contributed by atoms with van der Waals surface area (Å²) in [5.74, 6) is 0.921. The number of aliphatic imine (C=N–C) groups is 1. The lowest BCUT2D eigenvalue weighted by atomic mass is 10.4. The van der Waals surface area contributed by atoms with Crippen molar-refractivity contribution in [3.8, 4) is 0 Å². The number of nitrogens with zero attached hydrogens (tertiary/aromatic N) is 4. The topological polar surface area (TPSA) is 62.2 Å². The first-order valence-electron chi connectivity index (χ1n) is 8.90. The number of nitrogens with one attached hydrogen (secondary N) is 1. The van der Waals surface area contributed by atoms with Crippen LogP contribution in [-0.4, -0.2) is 80.8 Å². The second kappa shape index (κ2) is 10.7. The molecule has 0 bridgehead atoms. The molecule has 0 amide bonds. The largest absolute Gasteiger partial charge is 0.379 e. The predicted molar refractivity (Wildman–Crippen MR) is 102 cm³/mol. The molecular weight excluding hydrogens is 338 g/mol. The molecule has 142 valence electrons. The lowest BCUT2D eigenvalue weighted by molar-refractivity contribution is 0.0394. The standard InChI is InChI=1S/C17H31N5O2S/c1-5-18-17(19-6-7-22-8-10-24-11-9-22)21(3)12-15-13-25-16(20-15)14(2)23-4/h13-14H,5-12H2,1-4H3,(H,18,19). The number of ether oxygens (including phenoxy) is 2. The van der Waals surface area contributed by atoms with Crippen LogP contribution in [0.3, 0.4) is 0 Å². The zero-order valence-corrected chi connectivity index (χ0v) is 16.6. The molecule has 1 atom stereocenters. The van der Waals surface area contributed by atoms with Crippen LogP contribution in [0.4, 0.5) is 0 Å². The molecule has 7 nitrogen and oxygen atoms in total. The first-order chi connectivity index (χ1) is 12.1. The number of hydrogen-bond donors (Lipinski definition) is 1. The van der Waals surface area contributed by atoms with Crippen LogP contribution in [-0.2, 0) is 16.0 Å². The van der Waals surface area contributed by atoms with Crippen LogP contribution in [0.15, 0.2) is 10.4 Å². The monoisotopic (exact) mass is 369 g/mol. The molecule has 1 aromatic heterocycles. The third-order valence-corrected chi connectivity index (χ3v) is 5.20. The van der Waals surface area contributed by atoms with Crippen molar-refractivity contribution in [2.45, 2.75) is 26.5 Å². The molecule has 2 heterocycles. The van der Waals surface area contributed by atoms with Crippen molar-refractivity contribution >= 4 is 17.3 Å². The van der Waals surface area contributed by atoms with Crippen LogP contribution < -0.4 is 5.32 Å². The summed E-state index contributed by atoms with van der Waals surface area (Å²) in [5, 5.41) is 6.47. The van der Waals surface area contributed by atoms with E-state index in [4.69, 9.17) is 14.5 Å². The SMILES string of the molecule is CCNC(=NCCN1CCOCC1)N(C)Cc1csc(C(C)OC)n1. The van der Waals surface area contributed by atoms with Gasteiger partial charge < -0.3 is 19.7 Å². The van der Waals surface area contributed by atoms with Crippen LogP contribution in [0.2, 0.25) is 0 Å². The number of thiazole rings is 1. The Bertz CT molecular complexity index is 531. The zero-order chi connectivity index (χ0) is 18.1. The molecule has 1 unspecified atom stereocenters. The van der Waals surface area contributed by atoms with Crippen LogP contribution in [0.25, 0.3) is 0 Å². The van der Waals surface area contributed by atoms with Gasteiger partial charge in [0.05, 0.1) is 32.0 Å². The maximum atomic E-state index is 5.38. The highest BCUT2D eigenvalue weighted by molar-refractivity contribution is 7.09. The van der Waals surface area contributed by atoms with E-state index in [1.807, 2.05) is 6.92 Å². The van der Waals surface area contributed by atoms with Gasteiger partial charge >= 0.3 is 0 Å². The maximum Gasteiger partial charge on any atom is 0.194 e. The Morgan fingerprint density at radius 1 is 1.52 bits per heavy atom. The lowest BCUT2D eigenvalue weighted by Gasteiger charge is -2.26. The third kappa shape index (κ3) is 6.54. The second-order valence-corrected chi connectivity index (χ2v) is 6.99. The second-order valence-electron chi connectivity index (χ2n) is 6.10. The number of guanidine groups is 1. The van der Waals surface area contributed by atoms with E-state index in [-0.39, 0.29) is 6.10 Å². The molecule has 1 N–H and O–H groups in total. The Morgan fingerprint density at radius 2 is 2.28 bits per heavy atom. The molecule has 1 saturated heterocycles. The van der Waals surface area contributed by atoms with Gasteiger partial charge in [-0.05, 0) is 13.8 Å². The van der Waals surface area contributed by atoms with E-state index in [0.29, 0.717) is 0 Å². The molecule has 0 aliphatic carbocycles. The number of hydrogen-bond acceptors (Lipinski definition) is 6. The van der Waals surface area contributed by atoms with Crippen molar-refractivity contribution in [3.05, 3.63) is 16.1 Å². The molecular formula is C17H31N5O2S. The summed E-state index contributed by atoms with van der Waals surface area (Å²) in [5.41, 5.74) is 1.05. The Morgan fingerprint density at radius 3 is 2.96 bits per heavy atom. The first-order valence-corrected chi connectivity index (χ1v) is 9.78. The molecule has 8 heteroatoms. The average Bonchev–Trinajstić information content (AvgIpc) is 3.09. The normalized spacial score (nSPS) is 17.5. The molecule has 1 aromatic rings. The third-order valence-electron chi connectivity index (χ3n) is 4.15. The fourth-order valence-electron chi connectivity index (χ4n) is 2.59. The fraction of sp³-hybridized carbons (Fsp3) is 0.765. The van der Waals surface area contributed by atoms with Gasteiger partial charge in [0.25, 0.3) is 0 Å². The van der Waals surface area contributed by atoms with Gasteiger partial charge in [0, 0.05) is 45.7 Å². The Hall–Kier alpha value is -1.22. The minimum absolute atomic E-state index is 0.0412. The maximum absolute atomic E-state index is 5.38. The highest BCUT2D eigenvalue weighted by Gasteiger charge is 2.13. The summed E-state index contributed by atoms with van der Waals surface area (Å²) >= 11 is 1.64. The molecule has 25 heavy (non-hydrogen) atoms. The minimum Gasteiger partial charge on any atom is -0.379 e. The van der Waals surface area contributed by atoms with Gasteiger partial charge in [0.15, 0.2) is 5.96 Å². The van der Waals surface area contributed by atoms with E-state index >= 15 is 0 Å². The van der Waals surface area contributed by atoms with Crippen molar-refractivity contribution in [1.82, 2.24) is 20.1 Å². The van der Waals surface area contributed by atoms with Crippen molar-refractivity contribution < 1.29 is 9.47 Å². The molecule has 1 aliphatic heterocycles. The molecule has 0 spiro atoms. The molecule has 0 saturated carbocycles. The average molecular weight is 370 g/mol. The van der Waals surface area contributed by atoms with Gasteiger partial charge in [0.1, 0.15) is 11.1 Å². The highest BCUT2D eigenvalue weighted by Crippen LogP contribution is 2.20. The smallest absolute Gasteiger partial charge is 0.194 e. The van der Waals surface area contributed by atoms with E-state index in [0.717, 1.165) is 69.1 Å². The summed E-state index contributed by atoms with van der Waals surface area (Å²) in [4.78, 5) is 13.9. The van der Waals surface area contributed by atoms with Gasteiger partial charge in [0.2, 0.25) is 0 Å². The van der Waals surface area contributed by atoms with Crippen molar-refractivity contribution in [2.24, 2.45) is 4.99 Å². The molecule has 0 aromatic carbocycles. The fourth-order valence-corrected chi connectivity index (χ4v) is 3.43. The lowest BCUT2D eigenvalue weighted by Crippen LogP contribution is -2.40. The van der Waals surface area contributed by atoms with E-state index < -0.39 is 0 Å². The summed E-state index contributed by atoms with van der Waals surface area (Å²) < 4.78 is 10.7. The van der Waals surface area contributed by atoms with Crippen molar-refractivity contribution in [2.75, 3.05) is 60.1 Å². The van der Waals surface area contributed by atoms with Gasteiger partial charge in [-0.15, -0.1) is 11.3 Å². The highest BCUT2D eigenvalue weighted by atomic mass is 32.1. The van der Waals surface area contributed by atoms with E-state index in [2.05, 4.69) is 39.5 Å². The van der Waals surface area contributed by atoms with Gasteiger partial charge in [-0.3, -0.25) is 9.89 Å². The van der Waals surface area contributed by atoms with Gasteiger partial charge in [-0.2, -0.15) is 0 Å². The molecule has 2 rings (SSSR count). The van der Waals surface area contributed by atoms with E-state index in [9.17, 15) is 0 Å². The number of aromatic nitrogens is 1. The number of morpholine rings is 1. The Kier molecular flexibility index (Phi) is 8.60. The number of rotatable bonds is 8. The summed E-state index contributed by atoms with van der Waals surface area (Å²) in [7, 11) is 3.76. The van der Waals surface area contributed by atoms with Crippen molar-refractivity contribution in [3.63, 3.8) is 0 Å². The number of methoxy groups -OCH3 is 1. The minimum atomic E-state index is 0.0412. The summed E-state index contributed by atoms with van der Waals surface area (Å²) in [6.07, 6.45) is 0.0412. The van der Waals surface area contributed by atoms with E-state index in [1.165, 1.54) is 0 Å². The summed E-state index contributed by atoms with van der Waals surface area (Å²) in [6.45, 7) is 11.1. The van der Waals surface area contributed by atoms with Crippen LogP contribution in [0.1, 0.15) is 30.7 Å². The van der Waals surface area contributed by atoms with Gasteiger partial charge in [-0.25, -0.2) is 4.98 Å². The van der Waals surface area contributed by atoms with Gasteiger partial charge in [-0.1, -0.05) is 0 Å². The molecule has 1 fully saturated rings. The molecule has 0 radical (unpaired) electrons. The quantitative estimate of drug-likeness (QED) is 0.555. The van der Waals surface area contributed by atoms with Crippen LogP contribution in [0.5, 0.6) is 0 Å². The van der Waals surface area contributed by atoms with Crippen LogP contribution >= 0.6 is 11.3 Å². The van der Waals surface area contributed by atoms with Crippen LogP contribution in [0, 0.1) is 0 Å². The Labute approximate surface area is 155 Å². The first kappa shape index (κ1) is 20.1. The zero-order valence-electron chi connectivity index (χ0n) is 15.8. The molecule has 1 aliphatic rings. The van der Waals surface area contributed by atoms with E-state index in [1.54, 1.807) is 18.4 Å². The summed E-state index contributed by atoms with van der Waals surface area (Å²) in [6, 6.07) is 0. The van der Waals surface area contributed by atoms with Crippen molar-refractivity contribution in [1.29, 1.82) is 0 Å². The Balaban J connectivity index is 1.88.